The summed E-state index contributed by atoms with van der Waals surface area (Å²) in [4.78, 5) is 10.4. The summed E-state index contributed by atoms with van der Waals surface area (Å²) < 4.78 is 0. The fourth-order valence-electron chi connectivity index (χ4n) is 0.907. The monoisotopic (exact) mass is 180 g/mol. The van der Waals surface area contributed by atoms with Crippen molar-refractivity contribution in [2.24, 2.45) is 0 Å². The van der Waals surface area contributed by atoms with E-state index in [-0.39, 0.29) is 0 Å². The molecule has 1 heterocycles. The van der Waals surface area contributed by atoms with Crippen LogP contribution in [0.4, 0.5) is 5.95 Å². The molecule has 0 saturated carbocycles. The zero-order chi connectivity index (χ0) is 9.52. The van der Waals surface area contributed by atoms with Crippen LogP contribution in [-0.4, -0.2) is 41.5 Å². The number of aromatic nitrogens is 2. The second-order valence-electron chi connectivity index (χ2n) is 2.90. The quantitative estimate of drug-likeness (QED) is 0.729. The number of anilines is 1. The van der Waals surface area contributed by atoms with Crippen LogP contribution in [0.1, 0.15) is 6.92 Å². The first-order valence-corrected chi connectivity index (χ1v) is 4.52. The lowest BCUT2D eigenvalue weighted by atomic mass is 10.5. The Morgan fingerprint density at radius 3 is 2.69 bits per heavy atom. The van der Waals surface area contributed by atoms with Crippen LogP contribution in [0.5, 0.6) is 0 Å². The highest BCUT2D eigenvalue weighted by atomic mass is 15.1. The Morgan fingerprint density at radius 2 is 2.08 bits per heavy atom. The van der Waals surface area contributed by atoms with Crippen molar-refractivity contribution in [1.29, 1.82) is 0 Å². The molecule has 0 saturated heterocycles. The first kappa shape index (κ1) is 9.92. The first-order chi connectivity index (χ1) is 6.33. The Bertz CT molecular complexity index is 224. The zero-order valence-corrected chi connectivity index (χ0v) is 8.20. The average Bonchev–Trinajstić information content (AvgIpc) is 2.19. The average molecular weight is 180 g/mol. The van der Waals surface area contributed by atoms with Crippen LogP contribution in [0.15, 0.2) is 18.5 Å². The highest BCUT2D eigenvalue weighted by Gasteiger charge is 1.94. The molecular weight excluding hydrogens is 164 g/mol. The summed E-state index contributed by atoms with van der Waals surface area (Å²) in [5.41, 5.74) is 0. The second kappa shape index (κ2) is 5.48. The summed E-state index contributed by atoms with van der Waals surface area (Å²) in [5.74, 6) is 0.701. The van der Waals surface area contributed by atoms with E-state index in [1.54, 1.807) is 12.4 Å². The minimum absolute atomic E-state index is 0.701. The van der Waals surface area contributed by atoms with Crippen molar-refractivity contribution in [3.8, 4) is 0 Å². The summed E-state index contributed by atoms with van der Waals surface area (Å²) in [5, 5.41) is 3.15. The Balaban J connectivity index is 2.20. The van der Waals surface area contributed by atoms with Gasteiger partial charge in [-0.3, -0.25) is 0 Å². The lowest BCUT2D eigenvalue weighted by molar-refractivity contribution is 0.367. The number of likely N-dealkylation sites (N-methyl/N-ethyl adjacent to an activating group) is 1. The summed E-state index contributed by atoms with van der Waals surface area (Å²) in [6.07, 6.45) is 3.47. The molecule has 1 rings (SSSR count). The Morgan fingerprint density at radius 1 is 1.38 bits per heavy atom. The SMILES string of the molecule is CCN(C)CCNc1ncccn1. The maximum absolute atomic E-state index is 4.06. The molecule has 72 valence electrons. The van der Waals surface area contributed by atoms with E-state index in [9.17, 15) is 0 Å². The highest BCUT2D eigenvalue weighted by molar-refractivity contribution is 5.21. The number of rotatable bonds is 5. The summed E-state index contributed by atoms with van der Waals surface area (Å²) in [6, 6.07) is 1.81. The Kier molecular flexibility index (Phi) is 4.18. The molecule has 13 heavy (non-hydrogen) atoms. The van der Waals surface area contributed by atoms with Crippen molar-refractivity contribution < 1.29 is 0 Å². The number of nitrogens with zero attached hydrogens (tertiary/aromatic N) is 3. The fraction of sp³-hybridized carbons (Fsp3) is 0.556. The van der Waals surface area contributed by atoms with E-state index in [2.05, 4.69) is 34.2 Å². The molecule has 0 aliphatic rings. The predicted octanol–water partition coefficient (Wildman–Crippen LogP) is 0.840. The van der Waals surface area contributed by atoms with Crippen LogP contribution in [0, 0.1) is 0 Å². The predicted molar refractivity (Wildman–Crippen MR) is 53.7 cm³/mol. The van der Waals surface area contributed by atoms with E-state index < -0.39 is 0 Å². The first-order valence-electron chi connectivity index (χ1n) is 4.52. The molecule has 0 aliphatic heterocycles. The van der Waals surface area contributed by atoms with Crippen molar-refractivity contribution >= 4 is 5.95 Å². The molecule has 0 radical (unpaired) electrons. The van der Waals surface area contributed by atoms with Crippen LogP contribution >= 0.6 is 0 Å². The summed E-state index contributed by atoms with van der Waals surface area (Å²) in [7, 11) is 2.09. The minimum atomic E-state index is 0.701. The van der Waals surface area contributed by atoms with E-state index in [0.717, 1.165) is 19.6 Å². The lowest BCUT2D eigenvalue weighted by Crippen LogP contribution is -2.25. The third-order valence-corrected chi connectivity index (χ3v) is 1.88. The van der Waals surface area contributed by atoms with Crippen LogP contribution in [-0.2, 0) is 0 Å². The van der Waals surface area contributed by atoms with Crippen molar-refractivity contribution in [2.75, 3.05) is 32.0 Å². The van der Waals surface area contributed by atoms with Crippen LogP contribution in [0.2, 0.25) is 0 Å². The van der Waals surface area contributed by atoms with Gasteiger partial charge >= 0.3 is 0 Å². The maximum Gasteiger partial charge on any atom is 0.222 e. The number of hydrogen-bond acceptors (Lipinski definition) is 4. The number of nitrogens with one attached hydrogen (secondary N) is 1. The number of hydrogen-bond donors (Lipinski definition) is 1. The van der Waals surface area contributed by atoms with Crippen molar-refractivity contribution in [2.45, 2.75) is 6.92 Å². The Labute approximate surface area is 79.0 Å². The highest BCUT2D eigenvalue weighted by Crippen LogP contribution is 1.92. The summed E-state index contributed by atoms with van der Waals surface area (Å²) >= 11 is 0. The molecule has 4 nitrogen and oxygen atoms in total. The van der Waals surface area contributed by atoms with Gasteiger partial charge in [-0.15, -0.1) is 0 Å². The van der Waals surface area contributed by atoms with E-state index in [1.807, 2.05) is 6.07 Å². The van der Waals surface area contributed by atoms with Gasteiger partial charge < -0.3 is 10.2 Å². The van der Waals surface area contributed by atoms with Gasteiger partial charge in [-0.2, -0.15) is 0 Å². The smallest absolute Gasteiger partial charge is 0.222 e. The molecule has 0 atom stereocenters. The molecule has 0 bridgehead atoms. The van der Waals surface area contributed by atoms with Gasteiger partial charge in [0.2, 0.25) is 5.95 Å². The molecule has 0 fully saturated rings. The minimum Gasteiger partial charge on any atom is -0.353 e. The van der Waals surface area contributed by atoms with Gasteiger partial charge in [0, 0.05) is 25.5 Å². The molecule has 1 aromatic heterocycles. The van der Waals surface area contributed by atoms with Crippen molar-refractivity contribution in [3.05, 3.63) is 18.5 Å². The van der Waals surface area contributed by atoms with Crippen molar-refractivity contribution in [1.82, 2.24) is 14.9 Å². The Hall–Kier alpha value is -1.16. The van der Waals surface area contributed by atoms with Gasteiger partial charge in [0.05, 0.1) is 0 Å². The molecule has 1 N–H and O–H groups in total. The molecule has 1 aromatic rings. The van der Waals surface area contributed by atoms with E-state index in [1.165, 1.54) is 0 Å². The molecular formula is C9H16N4. The van der Waals surface area contributed by atoms with Crippen LogP contribution in [0.3, 0.4) is 0 Å². The van der Waals surface area contributed by atoms with Gasteiger partial charge in [-0.1, -0.05) is 6.92 Å². The van der Waals surface area contributed by atoms with E-state index in [4.69, 9.17) is 0 Å². The van der Waals surface area contributed by atoms with Gasteiger partial charge in [-0.25, -0.2) is 9.97 Å². The normalized spacial score (nSPS) is 10.4. The topological polar surface area (TPSA) is 41.0 Å². The van der Waals surface area contributed by atoms with Gasteiger partial charge in [-0.05, 0) is 19.7 Å². The molecule has 0 amide bonds. The molecule has 0 aromatic carbocycles. The van der Waals surface area contributed by atoms with Crippen LogP contribution < -0.4 is 5.32 Å². The van der Waals surface area contributed by atoms with Gasteiger partial charge in [0.1, 0.15) is 0 Å². The largest absolute Gasteiger partial charge is 0.353 e. The third kappa shape index (κ3) is 3.85. The lowest BCUT2D eigenvalue weighted by Gasteiger charge is -2.13. The third-order valence-electron chi connectivity index (χ3n) is 1.88. The van der Waals surface area contributed by atoms with E-state index >= 15 is 0 Å². The molecule has 4 heteroatoms. The standard InChI is InChI=1S/C9H16N4/c1-3-13(2)8-7-12-9-10-5-4-6-11-9/h4-6H,3,7-8H2,1-2H3,(H,10,11,12). The van der Waals surface area contributed by atoms with Gasteiger partial charge in [0.25, 0.3) is 0 Å². The van der Waals surface area contributed by atoms with Crippen molar-refractivity contribution in [3.63, 3.8) is 0 Å². The molecule has 0 spiro atoms. The van der Waals surface area contributed by atoms with Gasteiger partial charge in [0.15, 0.2) is 0 Å². The molecule has 0 aliphatic carbocycles. The zero-order valence-electron chi connectivity index (χ0n) is 8.20. The maximum atomic E-state index is 4.06. The van der Waals surface area contributed by atoms with E-state index in [0.29, 0.717) is 5.95 Å². The fourth-order valence-corrected chi connectivity index (χ4v) is 0.907. The second-order valence-corrected chi connectivity index (χ2v) is 2.90. The molecule has 0 unspecified atom stereocenters. The summed E-state index contributed by atoms with van der Waals surface area (Å²) in [6.45, 7) is 5.10. The van der Waals surface area contributed by atoms with Crippen LogP contribution in [0.25, 0.3) is 0 Å².